The van der Waals surface area contributed by atoms with Crippen LogP contribution < -0.4 is 4.74 Å². The first-order valence-electron chi connectivity index (χ1n) is 20.3. The smallest absolute Gasteiger partial charge is 0.160 e. The third kappa shape index (κ3) is 5.28. The third-order valence-corrected chi connectivity index (χ3v) is 12.2. The monoisotopic (exact) mass is 765 g/mol. The summed E-state index contributed by atoms with van der Waals surface area (Å²) in [5, 5.41) is 1.10. The van der Waals surface area contributed by atoms with Crippen molar-refractivity contribution in [2.24, 2.45) is 0 Å². The normalized spacial score (nSPS) is 12.9. The first-order valence-corrected chi connectivity index (χ1v) is 20.3. The van der Waals surface area contributed by atoms with E-state index in [4.69, 9.17) is 19.7 Å². The van der Waals surface area contributed by atoms with Crippen LogP contribution in [0.15, 0.2) is 212 Å². The molecule has 0 fully saturated rings. The van der Waals surface area contributed by atoms with Crippen LogP contribution in [0.1, 0.15) is 22.3 Å². The maximum absolute atomic E-state index is 7.15. The molecule has 280 valence electrons. The van der Waals surface area contributed by atoms with Gasteiger partial charge in [0.1, 0.15) is 11.5 Å². The Kier molecular flexibility index (Phi) is 7.72. The number of pyridine rings is 1. The lowest BCUT2D eigenvalue weighted by atomic mass is 9.66. The van der Waals surface area contributed by atoms with Gasteiger partial charge in [-0.2, -0.15) is 0 Å². The van der Waals surface area contributed by atoms with Crippen molar-refractivity contribution in [2.75, 3.05) is 0 Å². The lowest BCUT2D eigenvalue weighted by molar-refractivity contribution is 0.437. The molecule has 1 aliphatic heterocycles. The minimum absolute atomic E-state index is 0.600. The molecular weight excluding hydrogens is 731 g/mol. The van der Waals surface area contributed by atoms with E-state index in [0.717, 1.165) is 78.3 Å². The maximum atomic E-state index is 7.15. The molecule has 2 aliphatic rings. The van der Waals surface area contributed by atoms with E-state index in [1.807, 2.05) is 36.5 Å². The molecule has 1 aliphatic carbocycles. The highest BCUT2D eigenvalue weighted by Gasteiger charge is 2.51. The Balaban J connectivity index is 1.05. The van der Waals surface area contributed by atoms with Crippen molar-refractivity contribution in [2.45, 2.75) is 5.41 Å². The molecule has 0 amide bonds. The van der Waals surface area contributed by atoms with Gasteiger partial charge in [-0.15, -0.1) is 0 Å². The second-order valence-corrected chi connectivity index (χ2v) is 15.5. The van der Waals surface area contributed by atoms with Crippen molar-refractivity contribution in [3.63, 3.8) is 0 Å². The van der Waals surface area contributed by atoms with Crippen LogP contribution in [0.25, 0.3) is 78.2 Å². The highest BCUT2D eigenvalue weighted by molar-refractivity contribution is 5.95. The highest BCUT2D eigenvalue weighted by Crippen LogP contribution is 2.62. The van der Waals surface area contributed by atoms with Crippen molar-refractivity contribution >= 4 is 10.9 Å². The summed E-state index contributed by atoms with van der Waals surface area (Å²) in [5.41, 5.74) is 16.6. The van der Waals surface area contributed by atoms with Gasteiger partial charge in [-0.05, 0) is 63.2 Å². The van der Waals surface area contributed by atoms with Crippen LogP contribution in [-0.4, -0.2) is 15.0 Å². The minimum atomic E-state index is -0.600. The molecule has 0 saturated carbocycles. The summed E-state index contributed by atoms with van der Waals surface area (Å²) in [5.74, 6) is 2.29. The number of hydrogen-bond acceptors (Lipinski definition) is 4. The van der Waals surface area contributed by atoms with Crippen LogP contribution in [0.2, 0.25) is 0 Å². The Hall–Kier alpha value is -7.95. The molecule has 4 heteroatoms. The van der Waals surface area contributed by atoms with Crippen molar-refractivity contribution in [3.8, 4) is 78.8 Å². The van der Waals surface area contributed by atoms with Crippen LogP contribution in [-0.2, 0) is 5.41 Å². The summed E-state index contributed by atoms with van der Waals surface area (Å²) < 4.78 is 7.15. The second-order valence-electron chi connectivity index (χ2n) is 15.5. The number of ether oxygens (including phenoxy) is 1. The van der Waals surface area contributed by atoms with Gasteiger partial charge in [0.05, 0.1) is 22.3 Å². The van der Waals surface area contributed by atoms with E-state index in [1.54, 1.807) is 0 Å². The summed E-state index contributed by atoms with van der Waals surface area (Å²) in [6.07, 6.45) is 1.86. The van der Waals surface area contributed by atoms with E-state index in [-0.39, 0.29) is 0 Å². The number of hydrogen-bond donors (Lipinski definition) is 0. The summed E-state index contributed by atoms with van der Waals surface area (Å²) in [4.78, 5) is 15.2. The van der Waals surface area contributed by atoms with Gasteiger partial charge >= 0.3 is 0 Å². The van der Waals surface area contributed by atoms with Gasteiger partial charge in [-0.1, -0.05) is 182 Å². The quantitative estimate of drug-likeness (QED) is 0.175. The summed E-state index contributed by atoms with van der Waals surface area (Å²) in [6, 6.07) is 72.9. The summed E-state index contributed by atoms with van der Waals surface area (Å²) in [7, 11) is 0. The van der Waals surface area contributed by atoms with E-state index in [2.05, 4.69) is 176 Å². The first kappa shape index (κ1) is 34.1. The molecule has 0 N–H and O–H groups in total. The van der Waals surface area contributed by atoms with E-state index in [1.165, 1.54) is 27.8 Å². The topological polar surface area (TPSA) is 47.9 Å². The molecule has 4 nitrogen and oxygen atoms in total. The predicted molar refractivity (Wildman–Crippen MR) is 242 cm³/mol. The average molecular weight is 766 g/mol. The van der Waals surface area contributed by atoms with Gasteiger partial charge in [0.2, 0.25) is 0 Å². The van der Waals surface area contributed by atoms with Crippen molar-refractivity contribution in [1.29, 1.82) is 0 Å². The number of nitrogens with zero attached hydrogens (tertiary/aromatic N) is 3. The minimum Gasteiger partial charge on any atom is -0.457 e. The number of aromatic nitrogens is 3. The fraction of sp³-hybridized carbons (Fsp3) is 0.0179. The largest absolute Gasteiger partial charge is 0.457 e. The number of fused-ring (bicyclic) bond motifs is 10. The summed E-state index contributed by atoms with van der Waals surface area (Å²) in [6.45, 7) is 0. The van der Waals surface area contributed by atoms with Crippen LogP contribution in [0.4, 0.5) is 0 Å². The fourth-order valence-corrected chi connectivity index (χ4v) is 9.50. The molecule has 0 bridgehead atoms. The molecule has 8 aromatic carbocycles. The van der Waals surface area contributed by atoms with Gasteiger partial charge in [0, 0.05) is 45.0 Å². The standard InChI is InChI=1S/C56H35N3O/c1-3-13-36(14-4-1)37-24-26-38(27-25-37)50-35-51(59-55(58-50)40-15-5-2-6-16-40)42-29-31-49-53(34-42)60-52-33-41(43-21-11-17-39-18-12-32-57-54(39)43)28-30-48(52)56(49)46-22-9-7-19-44(46)45-20-8-10-23-47(45)56/h1-35H. The molecule has 1 spiro atoms. The van der Waals surface area contributed by atoms with E-state index in [0.29, 0.717) is 5.82 Å². The van der Waals surface area contributed by atoms with E-state index in [9.17, 15) is 0 Å². The Morgan fingerprint density at radius 1 is 0.350 bits per heavy atom. The predicted octanol–water partition coefficient (Wildman–Crippen LogP) is 13.8. The molecular formula is C56H35N3O. The van der Waals surface area contributed by atoms with Crippen LogP contribution in [0, 0.1) is 0 Å². The lowest BCUT2D eigenvalue weighted by Crippen LogP contribution is -2.32. The zero-order chi connectivity index (χ0) is 39.6. The molecule has 0 atom stereocenters. The lowest BCUT2D eigenvalue weighted by Gasteiger charge is -2.39. The van der Waals surface area contributed by atoms with Crippen LogP contribution in [0.3, 0.4) is 0 Å². The molecule has 0 unspecified atom stereocenters. The third-order valence-electron chi connectivity index (χ3n) is 12.2. The average Bonchev–Trinajstić information content (AvgIpc) is 3.62. The van der Waals surface area contributed by atoms with Crippen LogP contribution >= 0.6 is 0 Å². The fourth-order valence-electron chi connectivity index (χ4n) is 9.50. The van der Waals surface area contributed by atoms with Gasteiger partial charge in [0.25, 0.3) is 0 Å². The first-order chi connectivity index (χ1) is 29.7. The molecule has 3 heterocycles. The highest BCUT2D eigenvalue weighted by atomic mass is 16.5. The molecule has 12 rings (SSSR count). The molecule has 0 radical (unpaired) electrons. The number of para-hydroxylation sites is 1. The van der Waals surface area contributed by atoms with Crippen molar-refractivity contribution in [1.82, 2.24) is 15.0 Å². The zero-order valence-electron chi connectivity index (χ0n) is 32.5. The van der Waals surface area contributed by atoms with E-state index >= 15 is 0 Å². The maximum Gasteiger partial charge on any atom is 0.160 e. The summed E-state index contributed by atoms with van der Waals surface area (Å²) >= 11 is 0. The van der Waals surface area contributed by atoms with Gasteiger partial charge in [-0.3, -0.25) is 4.98 Å². The zero-order valence-corrected chi connectivity index (χ0v) is 32.5. The molecule has 60 heavy (non-hydrogen) atoms. The van der Waals surface area contributed by atoms with Crippen LogP contribution in [0.5, 0.6) is 11.5 Å². The Morgan fingerprint density at radius 2 is 0.867 bits per heavy atom. The van der Waals surface area contributed by atoms with Gasteiger partial charge in [-0.25, -0.2) is 9.97 Å². The Morgan fingerprint density at radius 3 is 1.57 bits per heavy atom. The number of rotatable bonds is 5. The van der Waals surface area contributed by atoms with E-state index < -0.39 is 5.41 Å². The Bertz CT molecular complexity index is 3230. The SMILES string of the molecule is c1ccc(-c2ccc(-c3cc(-c4ccc5c(c4)Oc4cc(-c6cccc7cccnc67)ccc4C54c5ccccc5-c5ccccc54)nc(-c4ccccc4)n3)cc2)cc1. The number of benzene rings is 8. The Labute approximate surface area is 348 Å². The molecule has 0 saturated heterocycles. The van der Waals surface area contributed by atoms with Crippen molar-refractivity contribution < 1.29 is 4.74 Å². The van der Waals surface area contributed by atoms with Crippen molar-refractivity contribution in [3.05, 3.63) is 235 Å². The second kappa shape index (κ2) is 13.6. The van der Waals surface area contributed by atoms with Gasteiger partial charge < -0.3 is 4.74 Å². The molecule has 10 aromatic rings. The van der Waals surface area contributed by atoms with Gasteiger partial charge in [0.15, 0.2) is 5.82 Å². The molecule has 2 aromatic heterocycles.